The van der Waals surface area contributed by atoms with Gasteiger partial charge in [0.25, 0.3) is 0 Å². The molecule has 17 heavy (non-hydrogen) atoms. The minimum atomic E-state index is -2.62. The zero-order chi connectivity index (χ0) is 13.0. The van der Waals surface area contributed by atoms with Crippen LogP contribution in [0, 0.1) is 5.92 Å². The second-order valence-corrected chi connectivity index (χ2v) is 4.36. The van der Waals surface area contributed by atoms with E-state index in [-0.39, 0.29) is 17.3 Å². The van der Waals surface area contributed by atoms with Gasteiger partial charge in [0.15, 0.2) is 5.92 Å². The van der Waals surface area contributed by atoms with Crippen molar-refractivity contribution in [2.75, 3.05) is 0 Å². The van der Waals surface area contributed by atoms with Crippen molar-refractivity contribution in [1.29, 1.82) is 0 Å². The van der Waals surface area contributed by atoms with Crippen LogP contribution in [-0.2, 0) is 20.6 Å². The van der Waals surface area contributed by atoms with Crippen molar-refractivity contribution in [2.24, 2.45) is 5.92 Å². The van der Waals surface area contributed by atoms with Crippen molar-refractivity contribution in [2.45, 2.75) is 6.42 Å². The summed E-state index contributed by atoms with van der Waals surface area (Å²) in [6, 6.07) is 5.89. The van der Waals surface area contributed by atoms with Gasteiger partial charge in [-0.15, -0.1) is 0 Å². The lowest BCUT2D eigenvalue weighted by Crippen LogP contribution is -2.27. The lowest BCUT2D eigenvalue weighted by atomic mass is 10.00. The second kappa shape index (κ2) is 5.52. The average Bonchev–Trinajstić information content (AvgIpc) is 2.25. The largest absolute Gasteiger partial charge is 0.546 e. The Morgan fingerprint density at radius 1 is 1.18 bits per heavy atom. The fourth-order valence-electron chi connectivity index (χ4n) is 1.37. The van der Waals surface area contributed by atoms with E-state index < -0.39 is 25.9 Å². The quantitative estimate of drug-likeness (QED) is 0.519. The van der Waals surface area contributed by atoms with Gasteiger partial charge in [0.1, 0.15) is 0 Å². The molecule has 0 aliphatic rings. The third-order valence-corrected chi connectivity index (χ3v) is 3.07. The summed E-state index contributed by atoms with van der Waals surface area (Å²) in [5.41, 5.74) is 0.255. The number of carboxylic acid groups (broad SMARTS) is 2. The van der Waals surface area contributed by atoms with Gasteiger partial charge in [-0.3, -0.25) is 9.59 Å². The molecule has 1 unspecified atom stereocenters. The number of benzene rings is 1. The van der Waals surface area contributed by atoms with Gasteiger partial charge in [0, 0.05) is 12.0 Å². The maximum Gasteiger partial charge on any atom is 0.546 e. The molecule has 90 valence electrons. The van der Waals surface area contributed by atoms with Gasteiger partial charge in [-0.2, -0.15) is 4.89 Å². The van der Waals surface area contributed by atoms with Crippen molar-refractivity contribution in [3.05, 3.63) is 29.8 Å². The Labute approximate surface area is 97.4 Å². The molecular weight excluding hydrogens is 247 g/mol. The molecule has 7 heteroatoms. The zero-order valence-corrected chi connectivity index (χ0v) is 9.50. The highest BCUT2D eigenvalue weighted by Crippen LogP contribution is 2.18. The Bertz CT molecular complexity index is 456. The monoisotopic (exact) mass is 257 g/mol. The van der Waals surface area contributed by atoms with Crippen molar-refractivity contribution >= 4 is 25.3 Å². The highest BCUT2D eigenvalue weighted by atomic mass is 31.1. The number of carboxylic acids is 2. The first-order chi connectivity index (χ1) is 7.93. The van der Waals surface area contributed by atoms with Gasteiger partial charge in [-0.1, -0.05) is 18.2 Å². The fourth-order valence-corrected chi connectivity index (χ4v) is 2.00. The zero-order valence-electron chi connectivity index (χ0n) is 8.61. The molecule has 0 aliphatic carbocycles. The molecule has 0 fully saturated rings. The summed E-state index contributed by atoms with van der Waals surface area (Å²) >= 11 is 0. The SMILES string of the molecule is O=C(O)C(Cc1ccccc1[P+](=O)O)C(=O)O. The van der Waals surface area contributed by atoms with E-state index >= 15 is 0 Å². The maximum absolute atomic E-state index is 11.0. The standard InChI is InChI=1S/C10H9O6P/c11-9(12)7(10(13)14)5-6-3-1-2-4-8(6)17(15)16/h1-4,7H,5H2,(H2-,11,12,13,14,15,16)/p+1. The first-order valence-corrected chi connectivity index (χ1v) is 5.84. The van der Waals surface area contributed by atoms with Crippen molar-refractivity contribution < 1.29 is 29.3 Å². The Hall–Kier alpha value is -1.78. The topological polar surface area (TPSA) is 112 Å². The summed E-state index contributed by atoms with van der Waals surface area (Å²) in [5, 5.41) is 17.5. The van der Waals surface area contributed by atoms with Crippen LogP contribution in [0.1, 0.15) is 5.56 Å². The third-order valence-electron chi connectivity index (χ3n) is 2.22. The number of rotatable bonds is 5. The summed E-state index contributed by atoms with van der Waals surface area (Å²) in [6.45, 7) is 0. The van der Waals surface area contributed by atoms with Crippen LogP contribution in [0.25, 0.3) is 0 Å². The van der Waals surface area contributed by atoms with E-state index in [1.54, 1.807) is 6.07 Å². The average molecular weight is 257 g/mol. The van der Waals surface area contributed by atoms with Crippen LogP contribution in [-0.4, -0.2) is 27.0 Å². The highest BCUT2D eigenvalue weighted by molar-refractivity contribution is 7.47. The van der Waals surface area contributed by atoms with Crippen LogP contribution in [0.3, 0.4) is 0 Å². The van der Waals surface area contributed by atoms with E-state index in [9.17, 15) is 14.2 Å². The third kappa shape index (κ3) is 3.34. The molecule has 0 heterocycles. The highest BCUT2D eigenvalue weighted by Gasteiger charge is 2.30. The molecule has 0 aliphatic heterocycles. The molecule has 0 saturated carbocycles. The Morgan fingerprint density at radius 2 is 1.71 bits per heavy atom. The van der Waals surface area contributed by atoms with Crippen LogP contribution >= 0.6 is 8.03 Å². The predicted octanol–water partition coefficient (Wildman–Crippen LogP) is 0.375. The molecule has 0 spiro atoms. The first kappa shape index (κ1) is 13.3. The van der Waals surface area contributed by atoms with Crippen molar-refractivity contribution in [1.82, 2.24) is 0 Å². The van der Waals surface area contributed by atoms with Crippen LogP contribution in [0.5, 0.6) is 0 Å². The van der Waals surface area contributed by atoms with Gasteiger partial charge in [0.2, 0.25) is 5.30 Å². The molecule has 1 atom stereocenters. The lowest BCUT2D eigenvalue weighted by Gasteiger charge is -2.06. The van der Waals surface area contributed by atoms with E-state index in [0.717, 1.165) is 0 Å². The van der Waals surface area contributed by atoms with Gasteiger partial charge in [-0.25, -0.2) is 0 Å². The fraction of sp³-hybridized carbons (Fsp3) is 0.200. The number of hydrogen-bond donors (Lipinski definition) is 3. The molecule has 0 aromatic heterocycles. The van der Waals surface area contributed by atoms with Gasteiger partial charge < -0.3 is 10.2 Å². The smallest absolute Gasteiger partial charge is 0.481 e. The predicted molar refractivity (Wildman–Crippen MR) is 58.4 cm³/mol. The van der Waals surface area contributed by atoms with Crippen LogP contribution < -0.4 is 5.30 Å². The first-order valence-electron chi connectivity index (χ1n) is 4.63. The Morgan fingerprint density at radius 3 is 2.18 bits per heavy atom. The maximum atomic E-state index is 11.0. The van der Waals surface area contributed by atoms with Crippen LogP contribution in [0.2, 0.25) is 0 Å². The number of hydrogen-bond acceptors (Lipinski definition) is 3. The van der Waals surface area contributed by atoms with E-state index in [1.165, 1.54) is 18.2 Å². The van der Waals surface area contributed by atoms with E-state index in [2.05, 4.69) is 0 Å². The second-order valence-electron chi connectivity index (χ2n) is 3.33. The molecule has 3 N–H and O–H groups in total. The summed E-state index contributed by atoms with van der Waals surface area (Å²) < 4.78 is 11.0. The Balaban J connectivity index is 3.05. The normalized spacial score (nSPS) is 11.3. The van der Waals surface area contributed by atoms with Crippen LogP contribution in [0.4, 0.5) is 0 Å². The van der Waals surface area contributed by atoms with Crippen LogP contribution in [0.15, 0.2) is 24.3 Å². The minimum absolute atomic E-state index is 0.0648. The molecule has 6 nitrogen and oxygen atoms in total. The Kier molecular flexibility index (Phi) is 4.31. The molecule has 0 amide bonds. The molecule has 0 radical (unpaired) electrons. The van der Waals surface area contributed by atoms with Gasteiger partial charge in [0.05, 0.1) is 0 Å². The van der Waals surface area contributed by atoms with Gasteiger partial charge in [-0.05, 0) is 10.6 Å². The molecule has 0 saturated heterocycles. The summed E-state index contributed by atoms with van der Waals surface area (Å²) in [5.74, 6) is -4.56. The van der Waals surface area contributed by atoms with Gasteiger partial charge >= 0.3 is 20.0 Å². The molecule has 0 bridgehead atoms. The summed E-state index contributed by atoms with van der Waals surface area (Å²) in [6.07, 6.45) is -0.317. The molecule has 1 rings (SSSR count). The molecule has 1 aromatic rings. The van der Waals surface area contributed by atoms with E-state index in [0.29, 0.717) is 0 Å². The number of aliphatic carboxylic acids is 2. The number of carbonyl (C=O) groups is 2. The van der Waals surface area contributed by atoms with E-state index in [4.69, 9.17) is 15.1 Å². The molecule has 1 aromatic carbocycles. The minimum Gasteiger partial charge on any atom is -0.481 e. The van der Waals surface area contributed by atoms with E-state index in [1.807, 2.05) is 0 Å². The van der Waals surface area contributed by atoms with Crippen molar-refractivity contribution in [3.8, 4) is 0 Å². The summed E-state index contributed by atoms with van der Waals surface area (Å²) in [7, 11) is -2.62. The summed E-state index contributed by atoms with van der Waals surface area (Å²) in [4.78, 5) is 30.4. The lowest BCUT2D eigenvalue weighted by molar-refractivity contribution is -0.154. The molecular formula is C10H10O6P+. The van der Waals surface area contributed by atoms with Crippen molar-refractivity contribution in [3.63, 3.8) is 0 Å².